The van der Waals surface area contributed by atoms with Gasteiger partial charge in [-0.3, -0.25) is 0 Å². The highest BCUT2D eigenvalue weighted by Crippen LogP contribution is 2.16. The standard InChI is InChI=1S/C9H10N2O2/c1-13-9-3-2-7(6-11-9)8(12)4-5-10/h2-3,6,8,12H,4H2,1H3. The molecule has 0 spiro atoms. The lowest BCUT2D eigenvalue weighted by Gasteiger charge is -2.06. The van der Waals surface area contributed by atoms with Gasteiger partial charge in [-0.25, -0.2) is 4.98 Å². The Labute approximate surface area is 76.4 Å². The first kappa shape index (κ1) is 9.49. The lowest BCUT2D eigenvalue weighted by atomic mass is 10.1. The van der Waals surface area contributed by atoms with Crippen molar-refractivity contribution >= 4 is 0 Å². The number of aliphatic hydroxyl groups is 1. The van der Waals surface area contributed by atoms with Crippen LogP contribution in [0.4, 0.5) is 0 Å². The first-order valence-electron chi connectivity index (χ1n) is 3.83. The van der Waals surface area contributed by atoms with Crippen LogP contribution in [-0.2, 0) is 0 Å². The molecule has 0 amide bonds. The highest BCUT2D eigenvalue weighted by molar-refractivity contribution is 5.20. The van der Waals surface area contributed by atoms with E-state index in [9.17, 15) is 5.11 Å². The lowest BCUT2D eigenvalue weighted by molar-refractivity contribution is 0.183. The van der Waals surface area contributed by atoms with E-state index in [0.717, 1.165) is 0 Å². The summed E-state index contributed by atoms with van der Waals surface area (Å²) in [5, 5.41) is 17.7. The van der Waals surface area contributed by atoms with Gasteiger partial charge in [-0.15, -0.1) is 0 Å². The topological polar surface area (TPSA) is 66.1 Å². The van der Waals surface area contributed by atoms with E-state index in [4.69, 9.17) is 10.00 Å². The zero-order chi connectivity index (χ0) is 9.68. The average molecular weight is 178 g/mol. The van der Waals surface area contributed by atoms with Gasteiger partial charge in [0.2, 0.25) is 5.88 Å². The molecular weight excluding hydrogens is 168 g/mol. The van der Waals surface area contributed by atoms with Crippen molar-refractivity contribution in [1.82, 2.24) is 4.98 Å². The fraction of sp³-hybridized carbons (Fsp3) is 0.333. The second kappa shape index (κ2) is 4.43. The van der Waals surface area contributed by atoms with Crippen molar-refractivity contribution < 1.29 is 9.84 Å². The number of pyridine rings is 1. The summed E-state index contributed by atoms with van der Waals surface area (Å²) < 4.78 is 4.85. The summed E-state index contributed by atoms with van der Waals surface area (Å²) in [4.78, 5) is 3.91. The number of hydrogen-bond donors (Lipinski definition) is 1. The molecule has 0 aliphatic carbocycles. The van der Waals surface area contributed by atoms with Gasteiger partial charge in [-0.1, -0.05) is 0 Å². The van der Waals surface area contributed by atoms with Crippen molar-refractivity contribution in [2.45, 2.75) is 12.5 Å². The second-order valence-corrected chi connectivity index (χ2v) is 2.51. The molecule has 1 aromatic rings. The van der Waals surface area contributed by atoms with Gasteiger partial charge in [0.15, 0.2) is 0 Å². The van der Waals surface area contributed by atoms with Crippen molar-refractivity contribution in [3.63, 3.8) is 0 Å². The van der Waals surface area contributed by atoms with E-state index in [-0.39, 0.29) is 6.42 Å². The number of rotatable bonds is 3. The predicted molar refractivity (Wildman–Crippen MR) is 46.0 cm³/mol. The van der Waals surface area contributed by atoms with Crippen LogP contribution in [0.25, 0.3) is 0 Å². The van der Waals surface area contributed by atoms with Gasteiger partial charge in [-0.2, -0.15) is 5.26 Å². The molecule has 0 aliphatic heterocycles. The van der Waals surface area contributed by atoms with Crippen molar-refractivity contribution in [2.24, 2.45) is 0 Å². The molecule has 4 nitrogen and oxygen atoms in total. The number of hydrogen-bond acceptors (Lipinski definition) is 4. The van der Waals surface area contributed by atoms with Crippen LogP contribution in [-0.4, -0.2) is 17.2 Å². The van der Waals surface area contributed by atoms with E-state index < -0.39 is 6.10 Å². The molecule has 13 heavy (non-hydrogen) atoms. The minimum absolute atomic E-state index is 0.0774. The van der Waals surface area contributed by atoms with Crippen LogP contribution in [0.3, 0.4) is 0 Å². The number of methoxy groups -OCH3 is 1. The van der Waals surface area contributed by atoms with Gasteiger partial charge < -0.3 is 9.84 Å². The van der Waals surface area contributed by atoms with Gasteiger partial charge >= 0.3 is 0 Å². The molecule has 0 saturated carbocycles. The zero-order valence-corrected chi connectivity index (χ0v) is 7.27. The van der Waals surface area contributed by atoms with Crippen LogP contribution in [0.1, 0.15) is 18.1 Å². The van der Waals surface area contributed by atoms with Crippen LogP contribution in [0.5, 0.6) is 5.88 Å². The second-order valence-electron chi connectivity index (χ2n) is 2.51. The molecule has 1 aromatic heterocycles. The number of aliphatic hydroxyl groups excluding tert-OH is 1. The quantitative estimate of drug-likeness (QED) is 0.750. The Morgan fingerprint density at radius 2 is 2.46 bits per heavy atom. The molecule has 1 rings (SSSR count). The van der Waals surface area contributed by atoms with Crippen LogP contribution in [0, 0.1) is 11.3 Å². The Bertz CT molecular complexity index is 302. The summed E-state index contributed by atoms with van der Waals surface area (Å²) in [6.07, 6.45) is 0.817. The molecule has 1 unspecified atom stereocenters. The molecule has 0 radical (unpaired) electrons. The summed E-state index contributed by atoms with van der Waals surface area (Å²) in [6, 6.07) is 5.22. The average Bonchev–Trinajstić information content (AvgIpc) is 2.18. The summed E-state index contributed by atoms with van der Waals surface area (Å²) in [5.74, 6) is 0.493. The summed E-state index contributed by atoms with van der Waals surface area (Å²) in [6.45, 7) is 0. The number of ether oxygens (including phenoxy) is 1. The molecule has 0 aliphatic rings. The van der Waals surface area contributed by atoms with Crippen LogP contribution >= 0.6 is 0 Å². The normalized spacial score (nSPS) is 11.8. The number of nitriles is 1. The van der Waals surface area contributed by atoms with Crippen molar-refractivity contribution in [3.8, 4) is 11.9 Å². The molecule has 1 heterocycles. The van der Waals surface area contributed by atoms with Crippen molar-refractivity contribution in [3.05, 3.63) is 23.9 Å². The highest BCUT2D eigenvalue weighted by Gasteiger charge is 2.06. The fourth-order valence-electron chi connectivity index (χ4n) is 0.914. The van der Waals surface area contributed by atoms with E-state index in [1.807, 2.05) is 6.07 Å². The third-order valence-corrected chi connectivity index (χ3v) is 1.64. The van der Waals surface area contributed by atoms with Crippen LogP contribution in [0.2, 0.25) is 0 Å². The molecule has 0 bridgehead atoms. The van der Waals surface area contributed by atoms with Crippen molar-refractivity contribution in [2.75, 3.05) is 7.11 Å². The van der Waals surface area contributed by atoms with E-state index >= 15 is 0 Å². The third kappa shape index (κ3) is 2.42. The lowest BCUT2D eigenvalue weighted by Crippen LogP contribution is -1.97. The van der Waals surface area contributed by atoms with Crippen LogP contribution < -0.4 is 4.74 Å². The first-order chi connectivity index (χ1) is 6.27. The van der Waals surface area contributed by atoms with E-state index in [2.05, 4.69) is 4.98 Å². The molecule has 0 saturated heterocycles. The molecule has 1 atom stereocenters. The van der Waals surface area contributed by atoms with E-state index in [1.165, 1.54) is 13.3 Å². The smallest absolute Gasteiger partial charge is 0.212 e. The molecule has 0 aromatic carbocycles. The molecule has 0 fully saturated rings. The number of nitrogens with zero attached hydrogens (tertiary/aromatic N) is 2. The largest absolute Gasteiger partial charge is 0.481 e. The maximum Gasteiger partial charge on any atom is 0.212 e. The Kier molecular flexibility index (Phi) is 3.23. The van der Waals surface area contributed by atoms with Gasteiger partial charge in [0.25, 0.3) is 0 Å². The predicted octanol–water partition coefficient (Wildman–Crippen LogP) is 1.04. The third-order valence-electron chi connectivity index (χ3n) is 1.64. The Balaban J connectivity index is 2.74. The van der Waals surface area contributed by atoms with Crippen molar-refractivity contribution in [1.29, 1.82) is 5.26 Å². The summed E-state index contributed by atoms with van der Waals surface area (Å²) >= 11 is 0. The Hall–Kier alpha value is -1.60. The van der Waals surface area contributed by atoms with Gasteiger partial charge in [-0.05, 0) is 6.07 Å². The minimum Gasteiger partial charge on any atom is -0.481 e. The Morgan fingerprint density at radius 1 is 1.69 bits per heavy atom. The molecular formula is C9H10N2O2. The van der Waals surface area contributed by atoms with Crippen LogP contribution in [0.15, 0.2) is 18.3 Å². The zero-order valence-electron chi connectivity index (χ0n) is 7.27. The maximum atomic E-state index is 9.38. The molecule has 4 heteroatoms. The molecule has 1 N–H and O–H groups in total. The molecule has 68 valence electrons. The van der Waals surface area contributed by atoms with Gasteiger partial charge in [0.05, 0.1) is 25.7 Å². The fourth-order valence-corrected chi connectivity index (χ4v) is 0.914. The minimum atomic E-state index is -0.761. The van der Waals surface area contributed by atoms with Gasteiger partial charge in [0, 0.05) is 17.8 Å². The monoisotopic (exact) mass is 178 g/mol. The summed E-state index contributed by atoms with van der Waals surface area (Å²) in [5.41, 5.74) is 0.627. The maximum absolute atomic E-state index is 9.38. The first-order valence-corrected chi connectivity index (χ1v) is 3.83. The summed E-state index contributed by atoms with van der Waals surface area (Å²) in [7, 11) is 1.52. The SMILES string of the molecule is COc1ccc(C(O)CC#N)cn1. The van der Waals surface area contributed by atoms with E-state index in [1.54, 1.807) is 12.1 Å². The van der Waals surface area contributed by atoms with E-state index in [0.29, 0.717) is 11.4 Å². The van der Waals surface area contributed by atoms with Gasteiger partial charge in [0.1, 0.15) is 0 Å². The Morgan fingerprint density at radius 3 is 2.92 bits per heavy atom. The number of aromatic nitrogens is 1. The highest BCUT2D eigenvalue weighted by atomic mass is 16.5.